The van der Waals surface area contributed by atoms with Crippen molar-refractivity contribution in [3.63, 3.8) is 0 Å². The van der Waals surface area contributed by atoms with Gasteiger partial charge in [0.25, 0.3) is 5.91 Å². The van der Waals surface area contributed by atoms with Gasteiger partial charge < -0.3 is 15.5 Å². The van der Waals surface area contributed by atoms with Gasteiger partial charge in [-0.1, -0.05) is 66.7 Å². The maximum atomic E-state index is 12.6. The molecule has 0 aromatic heterocycles. The maximum Gasteiger partial charge on any atom is 0.330 e. The van der Waals surface area contributed by atoms with Crippen LogP contribution in [0, 0.1) is 0 Å². The highest BCUT2D eigenvalue weighted by Gasteiger charge is 2.25. The molecule has 0 radical (unpaired) electrons. The van der Waals surface area contributed by atoms with Crippen LogP contribution in [0.4, 0.5) is 0 Å². The Morgan fingerprint density at radius 2 is 1.45 bits per heavy atom. The zero-order chi connectivity index (χ0) is 22.2. The Kier molecular flexibility index (Phi) is 7.17. The van der Waals surface area contributed by atoms with Crippen molar-refractivity contribution in [1.29, 1.82) is 0 Å². The van der Waals surface area contributed by atoms with Crippen LogP contribution in [-0.4, -0.2) is 28.1 Å². The Balaban J connectivity index is 1.95. The van der Waals surface area contributed by atoms with Gasteiger partial charge in [0, 0.05) is 12.0 Å². The molecular formula is C25H23NO5. The fourth-order valence-electron chi connectivity index (χ4n) is 3.42. The molecule has 0 aliphatic rings. The normalized spacial score (nSPS) is 11.5. The molecule has 6 heteroatoms. The molecule has 1 unspecified atom stereocenters. The van der Waals surface area contributed by atoms with E-state index in [1.165, 1.54) is 0 Å². The fraction of sp³-hybridized carbons (Fsp3) is 0.160. The third-order valence-corrected chi connectivity index (χ3v) is 4.96. The molecule has 0 saturated carbocycles. The van der Waals surface area contributed by atoms with Gasteiger partial charge in [-0.15, -0.1) is 0 Å². The van der Waals surface area contributed by atoms with E-state index >= 15 is 0 Å². The van der Waals surface area contributed by atoms with Crippen molar-refractivity contribution >= 4 is 17.8 Å². The number of carboxylic acid groups (broad SMARTS) is 2. The number of carboxylic acids is 2. The van der Waals surface area contributed by atoms with Gasteiger partial charge in [0.1, 0.15) is 0 Å². The Morgan fingerprint density at radius 3 is 2.06 bits per heavy atom. The Labute approximate surface area is 180 Å². The number of aliphatic carboxylic acids is 2. The minimum atomic E-state index is -1.25. The number of carbonyl (C=O) groups is 3. The lowest BCUT2D eigenvalue weighted by Crippen LogP contribution is -2.34. The first kappa shape index (κ1) is 21.8. The number of benzene rings is 3. The summed E-state index contributed by atoms with van der Waals surface area (Å²) in [7, 11) is 0. The van der Waals surface area contributed by atoms with Gasteiger partial charge in [-0.25, -0.2) is 4.79 Å². The number of hydrogen-bond acceptors (Lipinski definition) is 3. The molecule has 1 atom stereocenters. The van der Waals surface area contributed by atoms with Crippen LogP contribution in [0.3, 0.4) is 0 Å². The largest absolute Gasteiger partial charge is 0.481 e. The zero-order valence-corrected chi connectivity index (χ0v) is 16.8. The summed E-state index contributed by atoms with van der Waals surface area (Å²) in [5, 5.41) is 21.4. The van der Waals surface area contributed by atoms with Gasteiger partial charge in [-0.2, -0.15) is 0 Å². The lowest BCUT2D eigenvalue weighted by Gasteiger charge is -2.20. The predicted molar refractivity (Wildman–Crippen MR) is 117 cm³/mol. The van der Waals surface area contributed by atoms with E-state index in [0.717, 1.165) is 11.1 Å². The van der Waals surface area contributed by atoms with E-state index in [-0.39, 0.29) is 6.42 Å². The zero-order valence-electron chi connectivity index (χ0n) is 16.8. The first-order valence-corrected chi connectivity index (χ1v) is 9.94. The van der Waals surface area contributed by atoms with Crippen molar-refractivity contribution in [1.82, 2.24) is 5.32 Å². The molecule has 3 aromatic carbocycles. The molecule has 3 N–H and O–H groups in total. The predicted octanol–water partition coefficient (Wildman–Crippen LogP) is 4.32. The summed E-state index contributed by atoms with van der Waals surface area (Å²) in [4.78, 5) is 35.6. The van der Waals surface area contributed by atoms with Crippen LogP contribution in [0.5, 0.6) is 0 Å². The maximum absolute atomic E-state index is 12.6. The van der Waals surface area contributed by atoms with Crippen LogP contribution >= 0.6 is 0 Å². The van der Waals surface area contributed by atoms with Crippen molar-refractivity contribution in [3.8, 4) is 11.1 Å². The van der Waals surface area contributed by atoms with E-state index in [9.17, 15) is 19.5 Å². The molecule has 0 spiro atoms. The van der Waals surface area contributed by atoms with Gasteiger partial charge in [0.05, 0.1) is 0 Å². The number of rotatable bonds is 9. The molecule has 1 amide bonds. The second kappa shape index (κ2) is 10.2. The van der Waals surface area contributed by atoms with Gasteiger partial charge in [-0.3, -0.25) is 9.59 Å². The Hall–Kier alpha value is -3.93. The van der Waals surface area contributed by atoms with Crippen molar-refractivity contribution in [2.45, 2.75) is 25.3 Å². The molecule has 3 aromatic rings. The smallest absolute Gasteiger partial charge is 0.330 e. The highest BCUT2D eigenvalue weighted by atomic mass is 16.4. The first-order chi connectivity index (χ1) is 15.0. The van der Waals surface area contributed by atoms with Gasteiger partial charge >= 0.3 is 11.9 Å². The van der Waals surface area contributed by atoms with E-state index in [1.54, 1.807) is 36.4 Å². The standard InChI is InChI=1S/C25H23NO5/c27-22(28)13-7-12-20-16-19(17-8-3-1-4-9-17)14-15-21(20)23(25(30)31)26-24(29)18-10-5-2-6-11-18/h1-6,8-11,14-16,23H,7,12-13H2,(H,26,29)(H,27,28)(H,30,31). The van der Waals surface area contributed by atoms with E-state index in [2.05, 4.69) is 5.32 Å². The van der Waals surface area contributed by atoms with Crippen molar-refractivity contribution in [2.75, 3.05) is 0 Å². The molecule has 0 bridgehead atoms. The number of carbonyl (C=O) groups excluding carboxylic acids is 1. The summed E-state index contributed by atoms with van der Waals surface area (Å²) in [5.41, 5.74) is 3.37. The first-order valence-electron chi connectivity index (χ1n) is 9.94. The molecule has 6 nitrogen and oxygen atoms in total. The Morgan fingerprint density at radius 1 is 0.806 bits per heavy atom. The molecule has 0 fully saturated rings. The van der Waals surface area contributed by atoms with Crippen LogP contribution in [-0.2, 0) is 16.0 Å². The van der Waals surface area contributed by atoms with Gasteiger partial charge in [0.15, 0.2) is 6.04 Å². The summed E-state index contributed by atoms with van der Waals surface area (Å²) in [5.74, 6) is -2.58. The van der Waals surface area contributed by atoms with Crippen LogP contribution in [0.15, 0.2) is 78.9 Å². The van der Waals surface area contributed by atoms with E-state index < -0.39 is 23.9 Å². The lowest BCUT2D eigenvalue weighted by molar-refractivity contribution is -0.139. The molecule has 0 heterocycles. The van der Waals surface area contributed by atoms with Crippen molar-refractivity contribution < 1.29 is 24.6 Å². The second-order valence-electron chi connectivity index (χ2n) is 7.14. The highest BCUT2D eigenvalue weighted by Crippen LogP contribution is 2.28. The summed E-state index contributed by atoms with van der Waals surface area (Å²) in [6.07, 6.45) is 0.718. The third-order valence-electron chi connectivity index (χ3n) is 4.96. The summed E-state index contributed by atoms with van der Waals surface area (Å²) in [6.45, 7) is 0. The molecule has 0 saturated heterocycles. The molecule has 158 valence electrons. The minimum absolute atomic E-state index is 0.0247. The van der Waals surface area contributed by atoms with E-state index in [1.807, 2.05) is 42.5 Å². The second-order valence-corrected chi connectivity index (χ2v) is 7.14. The van der Waals surface area contributed by atoms with Gasteiger partial charge in [0.2, 0.25) is 0 Å². The molecule has 0 aliphatic carbocycles. The van der Waals surface area contributed by atoms with Crippen molar-refractivity contribution in [3.05, 3.63) is 95.6 Å². The van der Waals surface area contributed by atoms with E-state index in [0.29, 0.717) is 29.5 Å². The minimum Gasteiger partial charge on any atom is -0.481 e. The van der Waals surface area contributed by atoms with Gasteiger partial charge in [-0.05, 0) is 47.2 Å². The lowest BCUT2D eigenvalue weighted by atomic mass is 9.92. The molecule has 31 heavy (non-hydrogen) atoms. The number of amides is 1. The average molecular weight is 417 g/mol. The van der Waals surface area contributed by atoms with Crippen LogP contribution < -0.4 is 5.32 Å². The Bertz CT molecular complexity index is 1060. The average Bonchev–Trinajstić information content (AvgIpc) is 2.78. The number of aryl methyl sites for hydroxylation is 1. The summed E-state index contributed by atoms with van der Waals surface area (Å²) in [6, 6.07) is 22.2. The number of hydrogen-bond donors (Lipinski definition) is 3. The fourth-order valence-corrected chi connectivity index (χ4v) is 3.42. The summed E-state index contributed by atoms with van der Waals surface area (Å²) < 4.78 is 0. The molecule has 0 aliphatic heterocycles. The topological polar surface area (TPSA) is 104 Å². The van der Waals surface area contributed by atoms with E-state index in [4.69, 9.17) is 5.11 Å². The van der Waals surface area contributed by atoms with Crippen LogP contribution in [0.1, 0.15) is 40.4 Å². The quantitative estimate of drug-likeness (QED) is 0.481. The number of nitrogens with one attached hydrogen (secondary N) is 1. The van der Waals surface area contributed by atoms with Crippen molar-refractivity contribution in [2.24, 2.45) is 0 Å². The highest BCUT2D eigenvalue weighted by molar-refractivity contribution is 5.96. The molecular weight excluding hydrogens is 394 g/mol. The van der Waals surface area contributed by atoms with Crippen LogP contribution in [0.2, 0.25) is 0 Å². The monoisotopic (exact) mass is 417 g/mol. The third kappa shape index (κ3) is 5.79. The van der Waals surface area contributed by atoms with Crippen LogP contribution in [0.25, 0.3) is 11.1 Å². The summed E-state index contributed by atoms with van der Waals surface area (Å²) >= 11 is 0. The SMILES string of the molecule is O=C(O)CCCc1cc(-c2ccccc2)ccc1C(NC(=O)c1ccccc1)C(=O)O. The molecule has 3 rings (SSSR count).